The summed E-state index contributed by atoms with van der Waals surface area (Å²) in [6, 6.07) is 5.64. The summed E-state index contributed by atoms with van der Waals surface area (Å²) in [4.78, 5) is 19.8. The second-order valence-corrected chi connectivity index (χ2v) is 6.80. The molecule has 0 aliphatic carbocycles. The molecule has 7 nitrogen and oxygen atoms in total. The molecule has 0 amide bonds. The van der Waals surface area contributed by atoms with Crippen LogP contribution in [-0.2, 0) is 17.8 Å². The number of imidazole rings is 1. The van der Waals surface area contributed by atoms with E-state index in [2.05, 4.69) is 16.5 Å². The van der Waals surface area contributed by atoms with Crippen LogP contribution in [0.4, 0.5) is 0 Å². The van der Waals surface area contributed by atoms with E-state index < -0.39 is 5.97 Å². The van der Waals surface area contributed by atoms with Crippen molar-refractivity contribution in [2.75, 3.05) is 6.61 Å². The number of hydrogen-bond acceptors (Lipinski definition) is 5. The first kappa shape index (κ1) is 24.7. The molecule has 0 aliphatic heterocycles. The average Bonchev–Trinajstić information content (AvgIpc) is 3.38. The number of ether oxygens (including phenoxy) is 1. The summed E-state index contributed by atoms with van der Waals surface area (Å²) in [6.07, 6.45) is 9.66. The number of aryl methyl sites for hydroxylation is 2. The molecular weight excluding hydrogens is 406 g/mol. The Bertz CT molecular complexity index is 1110. The summed E-state index contributed by atoms with van der Waals surface area (Å²) in [5, 5.41) is 8.89. The third-order valence-corrected chi connectivity index (χ3v) is 4.60. The van der Waals surface area contributed by atoms with Gasteiger partial charge in [-0.25, -0.2) is 9.97 Å². The molecule has 0 radical (unpaired) electrons. The standard InChI is InChI=1S/C23H25N3O4.C2H6/c1-4-5-6-8-16(2)23-25-18(17(3)30-23)12-14-29-20-10-7-9-19-22(20)24-15-26(19)13-11-21(27)28;1-2/h4-10,15H,1,11-14H2,2-3H3,(H,27,28);1-2H3/b6-5-,16-8+;. The molecule has 0 unspecified atom stereocenters. The Morgan fingerprint density at radius 2 is 2.09 bits per heavy atom. The first-order valence-electron chi connectivity index (χ1n) is 10.7. The maximum atomic E-state index is 10.8. The van der Waals surface area contributed by atoms with E-state index in [1.54, 1.807) is 12.4 Å². The number of carbonyl (C=O) groups is 1. The summed E-state index contributed by atoms with van der Waals surface area (Å²) in [7, 11) is 0. The summed E-state index contributed by atoms with van der Waals surface area (Å²) in [6.45, 7) is 12.3. The van der Waals surface area contributed by atoms with Crippen molar-refractivity contribution in [1.82, 2.24) is 14.5 Å². The fourth-order valence-electron chi connectivity index (χ4n) is 3.01. The predicted molar refractivity (Wildman–Crippen MR) is 127 cm³/mol. The Hall–Kier alpha value is -3.61. The van der Waals surface area contributed by atoms with Gasteiger partial charge < -0.3 is 18.8 Å². The molecule has 0 atom stereocenters. The molecule has 0 saturated carbocycles. The van der Waals surface area contributed by atoms with Crippen LogP contribution >= 0.6 is 0 Å². The highest BCUT2D eigenvalue weighted by molar-refractivity contribution is 5.82. The summed E-state index contributed by atoms with van der Waals surface area (Å²) < 4.78 is 13.5. The normalized spacial score (nSPS) is 11.4. The first-order chi connectivity index (χ1) is 15.5. The highest BCUT2D eigenvalue weighted by Crippen LogP contribution is 2.25. The number of allylic oxidation sites excluding steroid dienone is 5. The molecule has 0 spiro atoms. The second kappa shape index (κ2) is 12.3. The molecule has 0 bridgehead atoms. The fourth-order valence-corrected chi connectivity index (χ4v) is 3.01. The molecule has 7 heteroatoms. The molecule has 0 aliphatic rings. The van der Waals surface area contributed by atoms with Gasteiger partial charge in [0, 0.05) is 18.5 Å². The highest BCUT2D eigenvalue weighted by Gasteiger charge is 2.13. The lowest BCUT2D eigenvalue weighted by atomic mass is 10.2. The van der Waals surface area contributed by atoms with E-state index in [4.69, 9.17) is 14.3 Å². The number of para-hydroxylation sites is 1. The van der Waals surface area contributed by atoms with E-state index >= 15 is 0 Å². The van der Waals surface area contributed by atoms with Gasteiger partial charge in [-0.2, -0.15) is 0 Å². The molecule has 170 valence electrons. The SMILES string of the molecule is C=C/C=C\C=C(/C)c1nc(CCOc2cccc3c2ncn3CCC(=O)O)c(C)o1.CC. The third-order valence-electron chi connectivity index (χ3n) is 4.60. The van der Waals surface area contributed by atoms with Gasteiger partial charge in [-0.05, 0) is 26.0 Å². The molecule has 3 rings (SSSR count). The molecule has 3 aromatic rings. The largest absolute Gasteiger partial charge is 0.491 e. The van der Waals surface area contributed by atoms with Gasteiger partial charge in [0.15, 0.2) is 0 Å². The number of nitrogens with zero attached hydrogens (tertiary/aromatic N) is 3. The quantitative estimate of drug-likeness (QED) is 0.415. The number of benzene rings is 1. The molecule has 1 aromatic carbocycles. The van der Waals surface area contributed by atoms with Gasteiger partial charge in [0.05, 0.1) is 30.6 Å². The number of rotatable bonds is 10. The smallest absolute Gasteiger partial charge is 0.305 e. The highest BCUT2D eigenvalue weighted by atomic mass is 16.5. The zero-order valence-corrected chi connectivity index (χ0v) is 19.2. The van der Waals surface area contributed by atoms with Gasteiger partial charge in [-0.15, -0.1) is 0 Å². The zero-order chi connectivity index (χ0) is 23.5. The number of fused-ring (bicyclic) bond motifs is 1. The predicted octanol–water partition coefficient (Wildman–Crippen LogP) is 5.60. The number of aliphatic carboxylic acids is 1. The van der Waals surface area contributed by atoms with E-state index in [9.17, 15) is 4.79 Å². The van der Waals surface area contributed by atoms with Crippen molar-refractivity contribution in [3.05, 3.63) is 72.8 Å². The molecule has 0 saturated heterocycles. The summed E-state index contributed by atoms with van der Waals surface area (Å²) in [5.41, 5.74) is 3.35. The van der Waals surface area contributed by atoms with E-state index in [1.165, 1.54) is 0 Å². The van der Waals surface area contributed by atoms with Crippen molar-refractivity contribution in [3.63, 3.8) is 0 Å². The maximum Gasteiger partial charge on any atom is 0.305 e. The van der Waals surface area contributed by atoms with Crippen molar-refractivity contribution in [3.8, 4) is 5.75 Å². The van der Waals surface area contributed by atoms with Crippen LogP contribution in [0.3, 0.4) is 0 Å². The second-order valence-electron chi connectivity index (χ2n) is 6.80. The van der Waals surface area contributed by atoms with Crippen LogP contribution in [0.15, 0.2) is 59.8 Å². The number of oxazole rings is 1. The maximum absolute atomic E-state index is 10.8. The Morgan fingerprint density at radius 3 is 2.81 bits per heavy atom. The lowest BCUT2D eigenvalue weighted by Gasteiger charge is -2.07. The van der Waals surface area contributed by atoms with Crippen LogP contribution < -0.4 is 4.74 Å². The number of carboxylic acids is 1. The molecule has 2 heterocycles. The van der Waals surface area contributed by atoms with Crippen molar-refractivity contribution < 1.29 is 19.1 Å². The Morgan fingerprint density at radius 1 is 1.31 bits per heavy atom. The lowest BCUT2D eigenvalue weighted by molar-refractivity contribution is -0.137. The van der Waals surface area contributed by atoms with Gasteiger partial charge in [0.1, 0.15) is 17.0 Å². The van der Waals surface area contributed by atoms with Crippen molar-refractivity contribution in [1.29, 1.82) is 0 Å². The minimum absolute atomic E-state index is 0.0432. The molecule has 32 heavy (non-hydrogen) atoms. The Kier molecular flexibility index (Phi) is 9.47. The lowest BCUT2D eigenvalue weighted by Crippen LogP contribution is -2.04. The van der Waals surface area contributed by atoms with Crippen LogP contribution in [0.2, 0.25) is 0 Å². The topological polar surface area (TPSA) is 90.4 Å². The van der Waals surface area contributed by atoms with Crippen LogP contribution in [0.5, 0.6) is 5.75 Å². The van der Waals surface area contributed by atoms with E-state index in [0.717, 1.165) is 22.5 Å². The van der Waals surface area contributed by atoms with Gasteiger partial charge >= 0.3 is 5.97 Å². The van der Waals surface area contributed by atoms with Crippen LogP contribution in [0, 0.1) is 6.92 Å². The molecule has 0 fully saturated rings. The monoisotopic (exact) mass is 437 g/mol. The number of carboxylic acid groups (broad SMARTS) is 1. The van der Waals surface area contributed by atoms with Crippen molar-refractivity contribution >= 4 is 22.6 Å². The minimum atomic E-state index is -0.839. The summed E-state index contributed by atoms with van der Waals surface area (Å²) >= 11 is 0. The minimum Gasteiger partial charge on any atom is -0.491 e. The molecular formula is C25H31N3O4. The first-order valence-corrected chi connectivity index (χ1v) is 10.7. The number of hydrogen-bond donors (Lipinski definition) is 1. The van der Waals surface area contributed by atoms with Crippen LogP contribution in [0.25, 0.3) is 16.6 Å². The van der Waals surface area contributed by atoms with Crippen LogP contribution in [-0.4, -0.2) is 32.2 Å². The number of aromatic nitrogens is 3. The molecule has 1 N–H and O–H groups in total. The van der Waals surface area contributed by atoms with Gasteiger partial charge in [0.25, 0.3) is 0 Å². The molecule has 2 aromatic heterocycles. The van der Waals surface area contributed by atoms with Crippen LogP contribution in [0.1, 0.15) is 44.5 Å². The van der Waals surface area contributed by atoms with Gasteiger partial charge in [-0.1, -0.05) is 50.8 Å². The Balaban J connectivity index is 0.00000176. The summed E-state index contributed by atoms with van der Waals surface area (Å²) in [5.74, 6) is 1.18. The van der Waals surface area contributed by atoms with E-state index in [-0.39, 0.29) is 6.42 Å². The zero-order valence-electron chi connectivity index (χ0n) is 19.2. The van der Waals surface area contributed by atoms with Gasteiger partial charge in [-0.3, -0.25) is 4.79 Å². The Labute approximate surface area is 188 Å². The average molecular weight is 438 g/mol. The third kappa shape index (κ3) is 6.44. The van der Waals surface area contributed by atoms with Crippen molar-refractivity contribution in [2.45, 2.75) is 47.1 Å². The fraction of sp³-hybridized carbons (Fsp3) is 0.320. The van der Waals surface area contributed by atoms with E-state index in [1.807, 2.05) is 68.7 Å². The van der Waals surface area contributed by atoms with Gasteiger partial charge in [0.2, 0.25) is 5.89 Å². The van der Waals surface area contributed by atoms with E-state index in [0.29, 0.717) is 36.7 Å². The van der Waals surface area contributed by atoms with Crippen molar-refractivity contribution in [2.24, 2.45) is 0 Å².